The fourth-order valence-electron chi connectivity index (χ4n) is 2.53. The van der Waals surface area contributed by atoms with E-state index in [0.29, 0.717) is 5.92 Å². The Labute approximate surface area is 102 Å². The van der Waals surface area contributed by atoms with Gasteiger partial charge in [-0.2, -0.15) is 0 Å². The number of nitrogens with two attached hydrogens (primary N) is 1. The number of carbonyl (C=O) groups excluding carboxylic acids is 1. The lowest BCUT2D eigenvalue weighted by atomic mass is 9.85. The van der Waals surface area contributed by atoms with Gasteiger partial charge < -0.3 is 5.73 Å². The Balaban J connectivity index is 2.40. The smallest absolute Gasteiger partial charge is 0.286 e. The molecule has 4 nitrogen and oxygen atoms in total. The van der Waals surface area contributed by atoms with Gasteiger partial charge in [-0.3, -0.25) is 4.79 Å². The first kappa shape index (κ1) is 12.0. The van der Waals surface area contributed by atoms with E-state index in [2.05, 4.69) is 9.97 Å². The standard InChI is InChI=1S/C13H19N3O/c1-8-9(2)15-13(12(14)17)16-11(8)10-6-4-3-5-7-10/h10H,3-7H2,1-2H3,(H2,14,17). The zero-order valence-corrected chi connectivity index (χ0v) is 10.5. The average molecular weight is 233 g/mol. The lowest BCUT2D eigenvalue weighted by molar-refractivity contribution is 0.0989. The van der Waals surface area contributed by atoms with Crippen molar-refractivity contribution in [1.82, 2.24) is 9.97 Å². The minimum absolute atomic E-state index is 0.161. The van der Waals surface area contributed by atoms with E-state index >= 15 is 0 Å². The zero-order valence-electron chi connectivity index (χ0n) is 10.5. The lowest BCUT2D eigenvalue weighted by Gasteiger charge is -2.23. The minimum atomic E-state index is -0.537. The molecule has 1 aromatic heterocycles. The first-order valence-corrected chi connectivity index (χ1v) is 6.24. The summed E-state index contributed by atoms with van der Waals surface area (Å²) in [4.78, 5) is 19.7. The van der Waals surface area contributed by atoms with Gasteiger partial charge in [0.05, 0.1) is 5.69 Å². The second kappa shape index (κ2) is 4.82. The molecule has 0 saturated heterocycles. The van der Waals surface area contributed by atoms with Gasteiger partial charge in [0.25, 0.3) is 5.91 Å². The van der Waals surface area contributed by atoms with Crippen LogP contribution in [0.2, 0.25) is 0 Å². The Morgan fingerprint density at radius 2 is 1.82 bits per heavy atom. The van der Waals surface area contributed by atoms with Crippen molar-refractivity contribution in [3.63, 3.8) is 0 Å². The molecule has 4 heteroatoms. The molecule has 2 rings (SSSR count). The van der Waals surface area contributed by atoms with Gasteiger partial charge in [0.15, 0.2) is 0 Å². The highest BCUT2D eigenvalue weighted by molar-refractivity contribution is 5.88. The number of primary amides is 1. The third-order valence-electron chi connectivity index (χ3n) is 3.64. The van der Waals surface area contributed by atoms with Gasteiger partial charge in [-0.05, 0) is 32.3 Å². The number of hydrogen-bond acceptors (Lipinski definition) is 3. The summed E-state index contributed by atoms with van der Waals surface area (Å²) in [6, 6.07) is 0. The van der Waals surface area contributed by atoms with Crippen molar-refractivity contribution in [2.75, 3.05) is 0 Å². The molecule has 0 unspecified atom stereocenters. The maximum Gasteiger partial charge on any atom is 0.286 e. The van der Waals surface area contributed by atoms with Crippen LogP contribution in [0.5, 0.6) is 0 Å². The van der Waals surface area contributed by atoms with E-state index in [1.807, 2.05) is 13.8 Å². The zero-order chi connectivity index (χ0) is 12.4. The summed E-state index contributed by atoms with van der Waals surface area (Å²) in [5, 5.41) is 0. The predicted octanol–water partition coefficient (Wildman–Crippen LogP) is 2.24. The molecule has 1 heterocycles. The van der Waals surface area contributed by atoms with Crippen LogP contribution in [0.1, 0.15) is 65.6 Å². The van der Waals surface area contributed by atoms with Gasteiger partial charge in [0, 0.05) is 11.6 Å². The first-order chi connectivity index (χ1) is 8.09. The number of aromatic nitrogens is 2. The van der Waals surface area contributed by atoms with Crippen molar-refractivity contribution in [1.29, 1.82) is 0 Å². The fraction of sp³-hybridized carbons (Fsp3) is 0.615. The van der Waals surface area contributed by atoms with E-state index in [4.69, 9.17) is 5.73 Å². The summed E-state index contributed by atoms with van der Waals surface area (Å²) in [6.45, 7) is 3.94. The lowest BCUT2D eigenvalue weighted by Crippen LogP contribution is -2.20. The minimum Gasteiger partial charge on any atom is -0.363 e. The van der Waals surface area contributed by atoms with E-state index in [1.165, 1.54) is 19.3 Å². The molecular weight excluding hydrogens is 214 g/mol. The van der Waals surface area contributed by atoms with E-state index in [-0.39, 0.29) is 5.82 Å². The van der Waals surface area contributed by atoms with Gasteiger partial charge >= 0.3 is 0 Å². The molecule has 17 heavy (non-hydrogen) atoms. The SMILES string of the molecule is Cc1nc(C(N)=O)nc(C2CCCCC2)c1C. The molecule has 92 valence electrons. The number of rotatable bonds is 2. The highest BCUT2D eigenvalue weighted by Crippen LogP contribution is 2.33. The highest BCUT2D eigenvalue weighted by Gasteiger charge is 2.21. The molecule has 0 aromatic carbocycles. The molecule has 1 amide bonds. The predicted molar refractivity (Wildman–Crippen MR) is 65.8 cm³/mol. The number of aryl methyl sites for hydroxylation is 1. The third-order valence-corrected chi connectivity index (χ3v) is 3.64. The normalized spacial score (nSPS) is 17.1. The van der Waals surface area contributed by atoms with Crippen LogP contribution < -0.4 is 5.73 Å². The Bertz CT molecular complexity index is 437. The summed E-state index contributed by atoms with van der Waals surface area (Å²) in [6.07, 6.45) is 6.13. The van der Waals surface area contributed by atoms with Crippen LogP contribution in [0.4, 0.5) is 0 Å². The van der Waals surface area contributed by atoms with Crippen LogP contribution in [-0.4, -0.2) is 15.9 Å². The Morgan fingerprint density at radius 3 is 2.41 bits per heavy atom. The molecule has 0 bridgehead atoms. The molecule has 1 aliphatic rings. The maximum atomic E-state index is 11.2. The molecule has 0 atom stereocenters. The first-order valence-electron chi connectivity index (χ1n) is 6.24. The second-order valence-corrected chi connectivity index (χ2v) is 4.84. The van der Waals surface area contributed by atoms with E-state index < -0.39 is 5.91 Å². The average Bonchev–Trinajstić information content (AvgIpc) is 2.33. The molecule has 2 N–H and O–H groups in total. The monoisotopic (exact) mass is 233 g/mol. The highest BCUT2D eigenvalue weighted by atomic mass is 16.1. The van der Waals surface area contributed by atoms with E-state index in [0.717, 1.165) is 29.8 Å². The van der Waals surface area contributed by atoms with E-state index in [1.54, 1.807) is 0 Å². The van der Waals surface area contributed by atoms with E-state index in [9.17, 15) is 4.79 Å². The number of carbonyl (C=O) groups is 1. The molecule has 1 fully saturated rings. The summed E-state index contributed by atoms with van der Waals surface area (Å²) in [5.41, 5.74) is 8.28. The molecule has 0 radical (unpaired) electrons. The molecule has 1 saturated carbocycles. The van der Waals surface area contributed by atoms with Gasteiger partial charge in [0.2, 0.25) is 5.82 Å². The van der Waals surface area contributed by atoms with Crippen molar-refractivity contribution >= 4 is 5.91 Å². The second-order valence-electron chi connectivity index (χ2n) is 4.84. The summed E-state index contributed by atoms with van der Waals surface area (Å²) >= 11 is 0. The van der Waals surface area contributed by atoms with Crippen LogP contribution in [-0.2, 0) is 0 Å². The Hall–Kier alpha value is -1.45. The van der Waals surface area contributed by atoms with Gasteiger partial charge in [-0.1, -0.05) is 19.3 Å². The van der Waals surface area contributed by atoms with Crippen molar-refractivity contribution in [2.45, 2.75) is 51.9 Å². The van der Waals surface area contributed by atoms with Crippen LogP contribution in [0.3, 0.4) is 0 Å². The number of amides is 1. The van der Waals surface area contributed by atoms with Crippen LogP contribution in [0.25, 0.3) is 0 Å². The molecule has 0 spiro atoms. The summed E-state index contributed by atoms with van der Waals surface area (Å²) < 4.78 is 0. The van der Waals surface area contributed by atoms with Crippen LogP contribution >= 0.6 is 0 Å². The van der Waals surface area contributed by atoms with Crippen molar-refractivity contribution < 1.29 is 4.79 Å². The molecule has 1 aromatic rings. The van der Waals surface area contributed by atoms with Crippen LogP contribution in [0.15, 0.2) is 0 Å². The van der Waals surface area contributed by atoms with Crippen molar-refractivity contribution in [2.24, 2.45) is 5.73 Å². The van der Waals surface area contributed by atoms with Crippen LogP contribution in [0, 0.1) is 13.8 Å². The van der Waals surface area contributed by atoms with Gasteiger partial charge in [-0.25, -0.2) is 9.97 Å². The van der Waals surface area contributed by atoms with Gasteiger partial charge in [0.1, 0.15) is 0 Å². The third kappa shape index (κ3) is 2.46. The van der Waals surface area contributed by atoms with Gasteiger partial charge in [-0.15, -0.1) is 0 Å². The Kier molecular flexibility index (Phi) is 3.41. The molecule has 1 aliphatic carbocycles. The fourth-order valence-corrected chi connectivity index (χ4v) is 2.53. The largest absolute Gasteiger partial charge is 0.363 e. The Morgan fingerprint density at radius 1 is 1.18 bits per heavy atom. The summed E-state index contributed by atoms with van der Waals surface area (Å²) in [5.74, 6) is 0.0994. The van der Waals surface area contributed by atoms with Crippen molar-refractivity contribution in [3.8, 4) is 0 Å². The number of hydrogen-bond donors (Lipinski definition) is 1. The quantitative estimate of drug-likeness (QED) is 0.851. The topological polar surface area (TPSA) is 68.9 Å². The summed E-state index contributed by atoms with van der Waals surface area (Å²) in [7, 11) is 0. The van der Waals surface area contributed by atoms with Crippen molar-refractivity contribution in [3.05, 3.63) is 22.8 Å². The number of nitrogens with zero attached hydrogens (tertiary/aromatic N) is 2. The molecule has 0 aliphatic heterocycles. The molecular formula is C13H19N3O. The maximum absolute atomic E-state index is 11.2.